The Balaban J connectivity index is 2.68. The molecule has 0 aliphatic carbocycles. The summed E-state index contributed by atoms with van der Waals surface area (Å²) in [5, 5.41) is 18.8. The van der Waals surface area contributed by atoms with Crippen molar-refractivity contribution >= 4 is 17.6 Å². The molecule has 0 radical (unpaired) electrons. The van der Waals surface area contributed by atoms with E-state index >= 15 is 0 Å². The number of hydrogen-bond acceptors (Lipinski definition) is 3. The second-order valence-electron chi connectivity index (χ2n) is 7.59. The van der Waals surface area contributed by atoms with Gasteiger partial charge in [-0.2, -0.15) is 0 Å². The molecule has 1 rings (SSSR count). The molecule has 0 aromatic heterocycles. The molecule has 1 atom stereocenters. The van der Waals surface area contributed by atoms with E-state index in [1.807, 2.05) is 45.0 Å². The third-order valence-electron chi connectivity index (χ3n) is 4.36. The molecule has 158 valence electrons. The van der Waals surface area contributed by atoms with Gasteiger partial charge in [0.15, 0.2) is 5.96 Å². The van der Waals surface area contributed by atoms with Gasteiger partial charge in [-0.15, -0.1) is 0 Å². The molecule has 6 nitrogen and oxygen atoms in total. The van der Waals surface area contributed by atoms with Crippen LogP contribution in [0.2, 0.25) is 0 Å². The maximum atomic E-state index is 12.0. The van der Waals surface area contributed by atoms with E-state index in [4.69, 9.17) is 0 Å². The first-order valence-electron chi connectivity index (χ1n) is 10.5. The summed E-state index contributed by atoms with van der Waals surface area (Å²) in [4.78, 5) is 16.6. The van der Waals surface area contributed by atoms with Gasteiger partial charge in [-0.25, -0.2) is 4.99 Å². The van der Waals surface area contributed by atoms with Crippen molar-refractivity contribution in [2.75, 3.05) is 25.0 Å². The zero-order valence-corrected chi connectivity index (χ0v) is 17.9. The monoisotopic (exact) mass is 390 g/mol. The van der Waals surface area contributed by atoms with E-state index in [-0.39, 0.29) is 12.5 Å². The van der Waals surface area contributed by atoms with Crippen LogP contribution in [0, 0.1) is 11.8 Å². The summed E-state index contributed by atoms with van der Waals surface area (Å²) in [6.45, 7) is 10.6. The second kappa shape index (κ2) is 14.0. The van der Waals surface area contributed by atoms with Gasteiger partial charge in [0.05, 0.1) is 6.54 Å². The molecule has 0 saturated heterocycles. The van der Waals surface area contributed by atoms with Crippen molar-refractivity contribution in [1.82, 2.24) is 10.6 Å². The number of nitrogens with zero attached hydrogens (tertiary/aromatic N) is 1. The third kappa shape index (κ3) is 10.3. The number of carbonyl (C=O) groups is 1. The Morgan fingerprint density at radius 2 is 1.96 bits per heavy atom. The van der Waals surface area contributed by atoms with E-state index in [9.17, 15) is 9.90 Å². The van der Waals surface area contributed by atoms with E-state index in [2.05, 4.69) is 27.9 Å². The fraction of sp³-hybridized carbons (Fsp3) is 0.636. The van der Waals surface area contributed by atoms with Gasteiger partial charge < -0.3 is 21.1 Å². The average Bonchev–Trinajstić information content (AvgIpc) is 2.63. The molecule has 6 heteroatoms. The van der Waals surface area contributed by atoms with Crippen LogP contribution in [0.15, 0.2) is 29.3 Å². The summed E-state index contributed by atoms with van der Waals surface area (Å²) >= 11 is 0. The molecule has 0 aliphatic heterocycles. The van der Waals surface area contributed by atoms with Crippen molar-refractivity contribution in [2.24, 2.45) is 16.8 Å². The van der Waals surface area contributed by atoms with Gasteiger partial charge in [0, 0.05) is 31.8 Å². The van der Waals surface area contributed by atoms with Crippen LogP contribution in [0.3, 0.4) is 0 Å². The largest absolute Gasteiger partial charge is 0.396 e. The Labute approximate surface area is 170 Å². The molecule has 0 bridgehead atoms. The lowest BCUT2D eigenvalue weighted by Crippen LogP contribution is -2.40. The van der Waals surface area contributed by atoms with E-state index < -0.39 is 0 Å². The summed E-state index contributed by atoms with van der Waals surface area (Å²) in [6, 6.07) is 7.82. The minimum Gasteiger partial charge on any atom is -0.396 e. The summed E-state index contributed by atoms with van der Waals surface area (Å²) in [7, 11) is 0. The maximum absolute atomic E-state index is 12.0. The molecule has 4 N–H and O–H groups in total. The lowest BCUT2D eigenvalue weighted by molar-refractivity contribution is -0.116. The molecule has 28 heavy (non-hydrogen) atoms. The van der Waals surface area contributed by atoms with Crippen molar-refractivity contribution in [3.8, 4) is 0 Å². The van der Waals surface area contributed by atoms with Crippen molar-refractivity contribution < 1.29 is 9.90 Å². The van der Waals surface area contributed by atoms with Crippen LogP contribution in [-0.4, -0.2) is 36.7 Å². The number of aliphatic imine (C=N–C) groups is 1. The van der Waals surface area contributed by atoms with E-state index in [1.165, 1.54) is 0 Å². The molecule has 1 aromatic rings. The lowest BCUT2D eigenvalue weighted by atomic mass is 10.0. The normalized spacial score (nSPS) is 12.7. The number of hydrogen-bond donors (Lipinski definition) is 4. The predicted octanol–water partition coefficient (Wildman–Crippen LogP) is 3.53. The molecule has 0 fully saturated rings. The van der Waals surface area contributed by atoms with Gasteiger partial charge in [0.1, 0.15) is 0 Å². The predicted molar refractivity (Wildman–Crippen MR) is 117 cm³/mol. The molecule has 1 aromatic carbocycles. The number of aliphatic hydroxyl groups is 1. The van der Waals surface area contributed by atoms with Gasteiger partial charge in [0.2, 0.25) is 5.91 Å². The zero-order chi connectivity index (χ0) is 20.8. The van der Waals surface area contributed by atoms with Crippen LogP contribution in [0.4, 0.5) is 5.69 Å². The van der Waals surface area contributed by atoms with E-state index in [0.717, 1.165) is 49.6 Å². The standard InChI is InChI=1S/C22H38N4O2/c1-5-8-18(11-12-27)15-24-22(23-6-2)25-16-19-9-7-10-20(14-19)26-21(28)13-17(3)4/h7,9-10,14,17-18,27H,5-6,8,11-13,15-16H2,1-4H3,(H,26,28)(H2,23,24,25). The van der Waals surface area contributed by atoms with E-state index in [1.54, 1.807) is 0 Å². The van der Waals surface area contributed by atoms with Crippen molar-refractivity contribution in [2.45, 2.75) is 59.9 Å². The highest BCUT2D eigenvalue weighted by Gasteiger charge is 2.09. The minimum atomic E-state index is 0.0384. The maximum Gasteiger partial charge on any atom is 0.224 e. The highest BCUT2D eigenvalue weighted by Crippen LogP contribution is 2.13. The van der Waals surface area contributed by atoms with Crippen molar-refractivity contribution in [1.29, 1.82) is 0 Å². The Morgan fingerprint density at radius 3 is 2.61 bits per heavy atom. The van der Waals surface area contributed by atoms with Gasteiger partial charge >= 0.3 is 0 Å². The number of rotatable bonds is 12. The Kier molecular flexibility index (Phi) is 12.0. The average molecular weight is 391 g/mol. The summed E-state index contributed by atoms with van der Waals surface area (Å²) in [5.74, 6) is 1.59. The van der Waals surface area contributed by atoms with Crippen LogP contribution >= 0.6 is 0 Å². The number of anilines is 1. The molecule has 0 aliphatic rings. The topological polar surface area (TPSA) is 85.8 Å². The highest BCUT2D eigenvalue weighted by molar-refractivity contribution is 5.90. The third-order valence-corrected chi connectivity index (χ3v) is 4.36. The van der Waals surface area contributed by atoms with Gasteiger partial charge in [-0.05, 0) is 49.3 Å². The van der Waals surface area contributed by atoms with Crippen molar-refractivity contribution in [3.63, 3.8) is 0 Å². The quantitative estimate of drug-likeness (QED) is 0.325. The molecule has 0 spiro atoms. The van der Waals surface area contributed by atoms with Crippen LogP contribution in [-0.2, 0) is 11.3 Å². The first kappa shape index (κ1) is 24.0. The summed E-state index contributed by atoms with van der Waals surface area (Å²) in [6.07, 6.45) is 3.52. The number of carbonyl (C=O) groups excluding carboxylic acids is 1. The molecule has 0 saturated carbocycles. The van der Waals surface area contributed by atoms with Gasteiger partial charge in [-0.3, -0.25) is 4.79 Å². The second-order valence-corrected chi connectivity index (χ2v) is 7.59. The fourth-order valence-corrected chi connectivity index (χ4v) is 3.02. The Bertz CT molecular complexity index is 596. The Morgan fingerprint density at radius 1 is 1.18 bits per heavy atom. The van der Waals surface area contributed by atoms with Crippen LogP contribution in [0.1, 0.15) is 58.9 Å². The Hall–Kier alpha value is -2.08. The first-order valence-corrected chi connectivity index (χ1v) is 10.5. The molecule has 0 heterocycles. The van der Waals surface area contributed by atoms with Crippen molar-refractivity contribution in [3.05, 3.63) is 29.8 Å². The number of benzene rings is 1. The fourth-order valence-electron chi connectivity index (χ4n) is 3.02. The number of amides is 1. The molecule has 1 unspecified atom stereocenters. The zero-order valence-electron chi connectivity index (χ0n) is 17.9. The van der Waals surface area contributed by atoms with Gasteiger partial charge in [0.25, 0.3) is 0 Å². The summed E-state index contributed by atoms with van der Waals surface area (Å²) < 4.78 is 0. The number of aliphatic hydroxyl groups excluding tert-OH is 1. The molecule has 1 amide bonds. The van der Waals surface area contributed by atoms with Crippen LogP contribution < -0.4 is 16.0 Å². The van der Waals surface area contributed by atoms with E-state index in [0.29, 0.717) is 24.8 Å². The number of nitrogens with one attached hydrogen (secondary N) is 3. The number of guanidine groups is 1. The minimum absolute atomic E-state index is 0.0384. The lowest BCUT2D eigenvalue weighted by Gasteiger charge is -2.18. The van der Waals surface area contributed by atoms with Crippen LogP contribution in [0.25, 0.3) is 0 Å². The SMILES string of the molecule is CCCC(CCO)CNC(=NCc1cccc(NC(=O)CC(C)C)c1)NCC. The first-order chi connectivity index (χ1) is 13.5. The van der Waals surface area contributed by atoms with Gasteiger partial charge in [-0.1, -0.05) is 39.3 Å². The smallest absolute Gasteiger partial charge is 0.224 e. The molecular weight excluding hydrogens is 352 g/mol. The van der Waals surface area contributed by atoms with Crippen LogP contribution in [0.5, 0.6) is 0 Å². The summed E-state index contributed by atoms with van der Waals surface area (Å²) in [5.41, 5.74) is 1.85. The molecular formula is C22H38N4O2. The highest BCUT2D eigenvalue weighted by atomic mass is 16.3.